The van der Waals surface area contributed by atoms with Gasteiger partial charge in [-0.2, -0.15) is 0 Å². The van der Waals surface area contributed by atoms with Gasteiger partial charge in [-0.3, -0.25) is 9.59 Å². The van der Waals surface area contributed by atoms with E-state index in [2.05, 4.69) is 0 Å². The van der Waals surface area contributed by atoms with E-state index in [1.807, 2.05) is 0 Å². The summed E-state index contributed by atoms with van der Waals surface area (Å²) < 4.78 is 32.6. The lowest BCUT2D eigenvalue weighted by Gasteiger charge is -2.18. The molecule has 0 atom stereocenters. The quantitative estimate of drug-likeness (QED) is 0.459. The Morgan fingerprint density at radius 2 is 1.41 bits per heavy atom. The van der Waals surface area contributed by atoms with Crippen molar-refractivity contribution in [3.8, 4) is 40.1 Å². The van der Waals surface area contributed by atoms with Gasteiger partial charge in [-0.1, -0.05) is 0 Å². The van der Waals surface area contributed by atoms with Gasteiger partial charge in [0.25, 0.3) is 0 Å². The standard InChI is InChI=1S/C21H20O8/c1-11(22)28-17-16-14(23)10-15(12-6-8-13(24-2)9-7-12)29-18(16)20(26-4)21(27-5)19(17)25-3/h6-10H,1-5H3. The van der Waals surface area contributed by atoms with E-state index in [-0.39, 0.29) is 34.0 Å². The maximum atomic E-state index is 13.0. The third-order valence-corrected chi connectivity index (χ3v) is 4.23. The highest BCUT2D eigenvalue weighted by Gasteiger charge is 2.28. The van der Waals surface area contributed by atoms with E-state index in [9.17, 15) is 9.59 Å². The zero-order valence-electron chi connectivity index (χ0n) is 16.7. The van der Waals surface area contributed by atoms with Crippen LogP contribution >= 0.6 is 0 Å². The molecule has 0 radical (unpaired) electrons. The fraction of sp³-hybridized carbons (Fsp3) is 0.238. The largest absolute Gasteiger partial charge is 0.497 e. The lowest BCUT2D eigenvalue weighted by atomic mass is 10.1. The Morgan fingerprint density at radius 1 is 0.828 bits per heavy atom. The molecular weight excluding hydrogens is 380 g/mol. The van der Waals surface area contributed by atoms with Gasteiger partial charge in [0.15, 0.2) is 16.8 Å². The smallest absolute Gasteiger partial charge is 0.308 e. The summed E-state index contributed by atoms with van der Waals surface area (Å²) >= 11 is 0. The van der Waals surface area contributed by atoms with Crippen molar-refractivity contribution in [3.05, 3.63) is 40.6 Å². The molecule has 0 N–H and O–H groups in total. The molecule has 0 saturated heterocycles. The lowest BCUT2D eigenvalue weighted by molar-refractivity contribution is -0.131. The minimum atomic E-state index is -0.629. The summed E-state index contributed by atoms with van der Waals surface area (Å²) in [4.78, 5) is 24.7. The Labute approximate surface area is 166 Å². The Bertz CT molecular complexity index is 1110. The van der Waals surface area contributed by atoms with Gasteiger partial charge in [0.2, 0.25) is 17.2 Å². The van der Waals surface area contributed by atoms with E-state index in [0.717, 1.165) is 0 Å². The normalized spacial score (nSPS) is 10.5. The van der Waals surface area contributed by atoms with Crippen molar-refractivity contribution in [1.29, 1.82) is 0 Å². The molecule has 1 heterocycles. The molecule has 0 aliphatic heterocycles. The highest BCUT2D eigenvalue weighted by atomic mass is 16.6. The Kier molecular flexibility index (Phi) is 5.63. The second-order valence-electron chi connectivity index (χ2n) is 5.93. The van der Waals surface area contributed by atoms with Crippen molar-refractivity contribution in [3.63, 3.8) is 0 Å². The van der Waals surface area contributed by atoms with Crippen LogP contribution in [0.1, 0.15) is 6.92 Å². The zero-order chi connectivity index (χ0) is 21.1. The van der Waals surface area contributed by atoms with Gasteiger partial charge >= 0.3 is 5.97 Å². The molecule has 0 aliphatic carbocycles. The molecule has 0 fully saturated rings. The molecule has 0 saturated carbocycles. The third-order valence-electron chi connectivity index (χ3n) is 4.23. The summed E-state index contributed by atoms with van der Waals surface area (Å²) in [7, 11) is 5.73. The predicted octanol–water partition coefficient (Wildman–Crippen LogP) is 3.42. The van der Waals surface area contributed by atoms with Crippen LogP contribution in [0.15, 0.2) is 39.5 Å². The van der Waals surface area contributed by atoms with Crippen molar-refractivity contribution < 1.29 is 32.9 Å². The van der Waals surface area contributed by atoms with Crippen molar-refractivity contribution in [2.24, 2.45) is 0 Å². The molecule has 29 heavy (non-hydrogen) atoms. The summed E-state index contributed by atoms with van der Waals surface area (Å²) in [5.74, 6) is 0.564. The SMILES string of the molecule is COc1ccc(-c2cc(=O)c3c(OC(C)=O)c(OC)c(OC)c(OC)c3o2)cc1. The number of methoxy groups -OCH3 is 4. The van der Waals surface area contributed by atoms with Gasteiger partial charge in [0.1, 0.15) is 16.9 Å². The molecule has 1 aromatic heterocycles. The number of rotatable bonds is 6. The van der Waals surface area contributed by atoms with Gasteiger partial charge in [-0.05, 0) is 24.3 Å². The molecule has 8 nitrogen and oxygen atoms in total. The molecular formula is C21H20O8. The fourth-order valence-corrected chi connectivity index (χ4v) is 2.99. The summed E-state index contributed by atoms with van der Waals surface area (Å²) in [5, 5.41) is 0.00645. The van der Waals surface area contributed by atoms with Gasteiger partial charge in [0, 0.05) is 18.6 Å². The number of hydrogen-bond acceptors (Lipinski definition) is 8. The Balaban J connectivity index is 2.39. The van der Waals surface area contributed by atoms with Gasteiger partial charge in [-0.15, -0.1) is 0 Å². The number of carbonyl (C=O) groups excluding carboxylic acids is 1. The molecule has 0 amide bonds. The Morgan fingerprint density at radius 3 is 1.93 bits per heavy atom. The summed E-state index contributed by atoms with van der Waals surface area (Å²) in [6, 6.07) is 8.31. The van der Waals surface area contributed by atoms with Crippen LogP contribution in [0.3, 0.4) is 0 Å². The van der Waals surface area contributed by atoms with Gasteiger partial charge < -0.3 is 28.1 Å². The Hall–Kier alpha value is -3.68. The van der Waals surface area contributed by atoms with Crippen molar-refractivity contribution in [1.82, 2.24) is 0 Å². The highest BCUT2D eigenvalue weighted by Crippen LogP contribution is 2.50. The van der Waals surface area contributed by atoms with Crippen molar-refractivity contribution in [2.75, 3.05) is 28.4 Å². The first-order valence-electron chi connectivity index (χ1n) is 8.57. The van der Waals surface area contributed by atoms with Crippen LogP contribution in [0, 0.1) is 0 Å². The first-order valence-corrected chi connectivity index (χ1v) is 8.57. The molecule has 0 bridgehead atoms. The molecule has 2 aromatic carbocycles. The minimum Gasteiger partial charge on any atom is -0.497 e. The maximum absolute atomic E-state index is 13.0. The van der Waals surface area contributed by atoms with E-state index >= 15 is 0 Å². The van der Waals surface area contributed by atoms with Gasteiger partial charge in [0.05, 0.1) is 28.4 Å². The van der Waals surface area contributed by atoms with Crippen LogP contribution in [-0.4, -0.2) is 34.4 Å². The average molecular weight is 400 g/mol. The third kappa shape index (κ3) is 3.56. The summed E-state index contributed by atoms with van der Waals surface area (Å²) in [6.07, 6.45) is 0. The van der Waals surface area contributed by atoms with E-state index in [1.165, 1.54) is 34.3 Å². The molecule has 3 rings (SSSR count). The number of benzene rings is 2. The number of carbonyl (C=O) groups is 1. The van der Waals surface area contributed by atoms with Crippen molar-refractivity contribution >= 4 is 16.9 Å². The second kappa shape index (κ2) is 8.14. The molecule has 0 unspecified atom stereocenters. The first kappa shape index (κ1) is 20.1. The fourth-order valence-electron chi connectivity index (χ4n) is 2.99. The zero-order valence-corrected chi connectivity index (χ0v) is 16.7. The number of fused-ring (bicyclic) bond motifs is 1. The molecule has 0 aliphatic rings. The van der Waals surface area contributed by atoms with Crippen LogP contribution in [0.25, 0.3) is 22.3 Å². The number of ether oxygens (including phenoxy) is 5. The predicted molar refractivity (Wildman–Crippen MR) is 105 cm³/mol. The summed E-state index contributed by atoms with van der Waals surface area (Å²) in [6.45, 7) is 1.22. The van der Waals surface area contributed by atoms with Crippen LogP contribution in [0.2, 0.25) is 0 Å². The number of hydrogen-bond donors (Lipinski definition) is 0. The van der Waals surface area contributed by atoms with Crippen LogP contribution < -0.4 is 29.1 Å². The van der Waals surface area contributed by atoms with Crippen LogP contribution in [0.4, 0.5) is 0 Å². The lowest BCUT2D eigenvalue weighted by Crippen LogP contribution is -2.10. The number of esters is 1. The monoisotopic (exact) mass is 400 g/mol. The minimum absolute atomic E-state index is 0.00645. The summed E-state index contributed by atoms with van der Waals surface area (Å²) in [5.41, 5.74) is 0.281. The maximum Gasteiger partial charge on any atom is 0.308 e. The van der Waals surface area contributed by atoms with Gasteiger partial charge in [-0.25, -0.2) is 0 Å². The molecule has 152 valence electrons. The van der Waals surface area contributed by atoms with Crippen LogP contribution in [0.5, 0.6) is 28.7 Å². The topological polar surface area (TPSA) is 93.4 Å². The average Bonchev–Trinajstić information content (AvgIpc) is 2.72. The van der Waals surface area contributed by atoms with Crippen molar-refractivity contribution in [2.45, 2.75) is 6.92 Å². The van der Waals surface area contributed by atoms with E-state index in [1.54, 1.807) is 31.4 Å². The molecule has 8 heteroatoms. The molecule has 0 spiro atoms. The second-order valence-corrected chi connectivity index (χ2v) is 5.93. The van der Waals surface area contributed by atoms with E-state index < -0.39 is 11.4 Å². The first-order chi connectivity index (χ1) is 13.9. The van der Waals surface area contributed by atoms with E-state index in [4.69, 9.17) is 28.1 Å². The molecule has 3 aromatic rings. The van der Waals surface area contributed by atoms with E-state index in [0.29, 0.717) is 17.1 Å². The highest BCUT2D eigenvalue weighted by molar-refractivity contribution is 5.97. The van der Waals surface area contributed by atoms with Crippen LogP contribution in [-0.2, 0) is 4.79 Å².